The molecule has 1 N–H and O–H groups in total. The molecule has 2 fully saturated rings. The molecule has 2 aliphatic rings. The fraction of sp³-hybridized carbons (Fsp3) is 0.550. The number of carbonyl (C=O) groups is 3. The molecule has 0 aliphatic carbocycles. The van der Waals surface area contributed by atoms with E-state index in [2.05, 4.69) is 0 Å². The molecular weight excluding hydrogens is 348 g/mol. The highest BCUT2D eigenvalue weighted by Gasteiger charge is 2.42. The number of nitrogens with zero attached hydrogens (tertiary/aromatic N) is 2. The third kappa shape index (κ3) is 4.40. The van der Waals surface area contributed by atoms with Crippen LogP contribution in [0, 0.1) is 5.41 Å². The Hall–Kier alpha value is -2.57. The minimum atomic E-state index is -0.982. The van der Waals surface area contributed by atoms with Crippen LogP contribution < -0.4 is 4.74 Å². The minimum absolute atomic E-state index is 0.0649. The number of carboxylic acid groups (broad SMARTS) is 1. The number of methoxy groups -OCH3 is 1. The van der Waals surface area contributed by atoms with E-state index in [0.29, 0.717) is 32.5 Å². The first-order chi connectivity index (χ1) is 12.9. The summed E-state index contributed by atoms with van der Waals surface area (Å²) in [6.07, 6.45) is 3.07. The van der Waals surface area contributed by atoms with Gasteiger partial charge in [-0.1, -0.05) is 18.2 Å². The maximum absolute atomic E-state index is 12.7. The van der Waals surface area contributed by atoms with Crippen LogP contribution in [0.1, 0.15) is 31.2 Å². The molecule has 2 amide bonds. The Labute approximate surface area is 158 Å². The van der Waals surface area contributed by atoms with Gasteiger partial charge in [-0.05, 0) is 30.7 Å². The molecule has 1 aromatic rings. The Morgan fingerprint density at radius 2 is 1.89 bits per heavy atom. The van der Waals surface area contributed by atoms with Crippen molar-refractivity contribution in [3.63, 3.8) is 0 Å². The van der Waals surface area contributed by atoms with Crippen molar-refractivity contribution in [3.05, 3.63) is 29.8 Å². The molecule has 3 rings (SSSR count). The van der Waals surface area contributed by atoms with Crippen LogP contribution in [0.3, 0.4) is 0 Å². The Balaban J connectivity index is 1.59. The summed E-state index contributed by atoms with van der Waals surface area (Å²) >= 11 is 0. The van der Waals surface area contributed by atoms with Crippen LogP contribution in [0.4, 0.5) is 0 Å². The molecule has 2 heterocycles. The van der Waals surface area contributed by atoms with Gasteiger partial charge in [0.25, 0.3) is 0 Å². The van der Waals surface area contributed by atoms with E-state index in [1.807, 2.05) is 29.2 Å². The van der Waals surface area contributed by atoms with Gasteiger partial charge in [0.2, 0.25) is 11.8 Å². The highest BCUT2D eigenvalue weighted by molar-refractivity contribution is 5.82. The topological polar surface area (TPSA) is 87.2 Å². The van der Waals surface area contributed by atoms with Gasteiger partial charge in [-0.15, -0.1) is 0 Å². The summed E-state index contributed by atoms with van der Waals surface area (Å²) in [5.41, 5.74) is 0.811. The molecular formula is C20H26N2O5. The van der Waals surface area contributed by atoms with Crippen molar-refractivity contribution < 1.29 is 24.2 Å². The fourth-order valence-corrected chi connectivity index (χ4v) is 4.17. The van der Waals surface area contributed by atoms with E-state index in [1.165, 1.54) is 4.90 Å². The zero-order chi connectivity index (χ0) is 19.4. The molecule has 0 atom stereocenters. The lowest BCUT2D eigenvalue weighted by Crippen LogP contribution is -2.53. The zero-order valence-corrected chi connectivity index (χ0v) is 15.6. The van der Waals surface area contributed by atoms with Crippen LogP contribution >= 0.6 is 0 Å². The van der Waals surface area contributed by atoms with Crippen molar-refractivity contribution in [1.82, 2.24) is 9.80 Å². The normalized spacial score (nSPS) is 19.2. The van der Waals surface area contributed by atoms with Gasteiger partial charge in [0, 0.05) is 31.6 Å². The van der Waals surface area contributed by atoms with E-state index in [-0.39, 0.29) is 23.8 Å². The van der Waals surface area contributed by atoms with Gasteiger partial charge in [-0.3, -0.25) is 14.4 Å². The lowest BCUT2D eigenvalue weighted by atomic mass is 9.72. The molecule has 0 unspecified atom stereocenters. The number of piperidine rings is 2. The first-order valence-corrected chi connectivity index (χ1v) is 9.32. The molecule has 27 heavy (non-hydrogen) atoms. The van der Waals surface area contributed by atoms with Crippen molar-refractivity contribution in [3.8, 4) is 5.75 Å². The summed E-state index contributed by atoms with van der Waals surface area (Å²) in [5.74, 6) is -0.277. The lowest BCUT2D eigenvalue weighted by molar-refractivity contribution is -0.150. The number of benzene rings is 1. The van der Waals surface area contributed by atoms with Crippen molar-refractivity contribution >= 4 is 17.8 Å². The van der Waals surface area contributed by atoms with E-state index < -0.39 is 5.97 Å². The molecule has 0 aromatic heterocycles. The van der Waals surface area contributed by atoms with E-state index in [1.54, 1.807) is 7.11 Å². The number of amides is 2. The maximum atomic E-state index is 12.7. The summed E-state index contributed by atoms with van der Waals surface area (Å²) < 4.78 is 5.32. The Bertz CT molecular complexity index is 725. The predicted octanol–water partition coefficient (Wildman–Crippen LogP) is 1.55. The number of para-hydroxylation sites is 1. The van der Waals surface area contributed by atoms with Gasteiger partial charge in [-0.25, -0.2) is 0 Å². The zero-order valence-electron chi connectivity index (χ0n) is 15.6. The SMILES string of the molecule is COc1ccccc1CC(=O)N1CCC2(CCC(=O)N(CC(=O)O)C2)CC1. The molecule has 0 bridgehead atoms. The van der Waals surface area contributed by atoms with Crippen LogP contribution in [0.5, 0.6) is 5.75 Å². The van der Waals surface area contributed by atoms with Gasteiger partial charge in [0.15, 0.2) is 0 Å². The van der Waals surface area contributed by atoms with Crippen LogP contribution in [-0.4, -0.2) is 66.0 Å². The third-order valence-electron chi connectivity index (χ3n) is 5.79. The van der Waals surface area contributed by atoms with Crippen LogP contribution in [0.25, 0.3) is 0 Å². The average Bonchev–Trinajstić information content (AvgIpc) is 2.65. The average molecular weight is 374 g/mol. The van der Waals surface area contributed by atoms with Crippen LogP contribution in [0.2, 0.25) is 0 Å². The van der Waals surface area contributed by atoms with Crippen LogP contribution in [-0.2, 0) is 20.8 Å². The fourth-order valence-electron chi connectivity index (χ4n) is 4.17. The van der Waals surface area contributed by atoms with E-state index in [0.717, 1.165) is 30.6 Å². The Morgan fingerprint density at radius 3 is 2.56 bits per heavy atom. The summed E-state index contributed by atoms with van der Waals surface area (Å²) in [6, 6.07) is 7.53. The quantitative estimate of drug-likeness (QED) is 0.845. The molecule has 0 radical (unpaired) electrons. The molecule has 1 aromatic carbocycles. The van der Waals surface area contributed by atoms with E-state index in [9.17, 15) is 14.4 Å². The van der Waals surface area contributed by atoms with E-state index >= 15 is 0 Å². The summed E-state index contributed by atoms with van der Waals surface area (Å²) in [5, 5.41) is 9.01. The second-order valence-electron chi connectivity index (χ2n) is 7.51. The smallest absolute Gasteiger partial charge is 0.323 e. The number of carbonyl (C=O) groups excluding carboxylic acids is 2. The Morgan fingerprint density at radius 1 is 1.19 bits per heavy atom. The lowest BCUT2D eigenvalue weighted by Gasteiger charge is -2.47. The van der Waals surface area contributed by atoms with E-state index in [4.69, 9.17) is 9.84 Å². The van der Waals surface area contributed by atoms with Gasteiger partial charge in [0.1, 0.15) is 12.3 Å². The number of carboxylic acids is 1. The molecule has 2 saturated heterocycles. The molecule has 1 spiro atoms. The molecule has 7 nitrogen and oxygen atoms in total. The number of hydrogen-bond acceptors (Lipinski definition) is 4. The van der Waals surface area contributed by atoms with Crippen molar-refractivity contribution in [2.24, 2.45) is 5.41 Å². The monoisotopic (exact) mass is 374 g/mol. The van der Waals surface area contributed by atoms with Crippen molar-refractivity contribution in [2.75, 3.05) is 33.3 Å². The van der Waals surface area contributed by atoms with Gasteiger partial charge in [-0.2, -0.15) is 0 Å². The predicted molar refractivity (Wildman–Crippen MR) is 98.4 cm³/mol. The number of likely N-dealkylation sites (tertiary alicyclic amines) is 2. The highest BCUT2D eigenvalue weighted by Crippen LogP contribution is 2.40. The summed E-state index contributed by atoms with van der Waals surface area (Å²) in [4.78, 5) is 39.0. The summed E-state index contributed by atoms with van der Waals surface area (Å²) in [6.45, 7) is 1.52. The first kappa shape index (κ1) is 19.2. The Kier molecular flexibility index (Phi) is 5.68. The molecule has 7 heteroatoms. The van der Waals surface area contributed by atoms with Crippen molar-refractivity contribution in [2.45, 2.75) is 32.1 Å². The number of ether oxygens (including phenoxy) is 1. The summed E-state index contributed by atoms with van der Waals surface area (Å²) in [7, 11) is 1.60. The standard InChI is InChI=1S/C20H26N2O5/c1-27-16-5-3-2-4-15(16)12-18(24)21-10-8-20(9-11-21)7-6-17(23)22(14-20)13-19(25)26/h2-5H,6-14H2,1H3,(H,25,26). The highest BCUT2D eigenvalue weighted by atomic mass is 16.5. The molecule has 146 valence electrons. The largest absolute Gasteiger partial charge is 0.496 e. The number of hydrogen-bond donors (Lipinski definition) is 1. The first-order valence-electron chi connectivity index (χ1n) is 9.32. The third-order valence-corrected chi connectivity index (χ3v) is 5.79. The minimum Gasteiger partial charge on any atom is -0.496 e. The number of aliphatic carboxylic acids is 1. The van der Waals surface area contributed by atoms with Gasteiger partial charge in [0.05, 0.1) is 13.5 Å². The van der Waals surface area contributed by atoms with Crippen LogP contribution in [0.15, 0.2) is 24.3 Å². The van der Waals surface area contributed by atoms with Gasteiger partial charge >= 0.3 is 5.97 Å². The second kappa shape index (κ2) is 7.98. The number of rotatable bonds is 5. The molecule has 0 saturated carbocycles. The molecule has 2 aliphatic heterocycles. The van der Waals surface area contributed by atoms with Gasteiger partial charge < -0.3 is 19.6 Å². The maximum Gasteiger partial charge on any atom is 0.323 e. The van der Waals surface area contributed by atoms with Crippen molar-refractivity contribution in [1.29, 1.82) is 0 Å². The second-order valence-corrected chi connectivity index (χ2v) is 7.51.